The number of fused-ring (bicyclic) bond motifs is 1. The highest BCUT2D eigenvalue weighted by molar-refractivity contribution is 7.97. The summed E-state index contributed by atoms with van der Waals surface area (Å²) >= 11 is 1.74. The van der Waals surface area contributed by atoms with Gasteiger partial charge in [0, 0.05) is 23.5 Å². The van der Waals surface area contributed by atoms with Crippen LogP contribution in [0.25, 0.3) is 11.0 Å². The summed E-state index contributed by atoms with van der Waals surface area (Å²) in [5.41, 5.74) is 2.28. The lowest BCUT2D eigenvalue weighted by Gasteiger charge is -2.05. The van der Waals surface area contributed by atoms with Crippen molar-refractivity contribution in [1.29, 1.82) is 0 Å². The molecular weight excluding hydrogens is 256 g/mol. The molecule has 96 valence electrons. The molecule has 0 spiro atoms. The van der Waals surface area contributed by atoms with E-state index >= 15 is 0 Å². The first-order chi connectivity index (χ1) is 9.36. The molecule has 0 fully saturated rings. The number of aromatic nitrogens is 2. The van der Waals surface area contributed by atoms with E-state index in [4.69, 9.17) is 4.74 Å². The monoisotopic (exact) mass is 270 g/mol. The van der Waals surface area contributed by atoms with E-state index in [-0.39, 0.29) is 0 Å². The Labute approximate surface area is 116 Å². The van der Waals surface area contributed by atoms with Crippen molar-refractivity contribution in [3.8, 4) is 5.75 Å². The highest BCUT2D eigenvalue weighted by Gasteiger charge is 2.02. The topological polar surface area (TPSA) is 27.1 Å². The van der Waals surface area contributed by atoms with Crippen molar-refractivity contribution in [1.82, 2.24) is 8.96 Å². The first-order valence-electron chi connectivity index (χ1n) is 6.05. The molecule has 0 aliphatic carbocycles. The molecule has 3 aromatic rings. The summed E-state index contributed by atoms with van der Waals surface area (Å²) in [4.78, 5) is 4.40. The fourth-order valence-corrected chi connectivity index (χ4v) is 2.81. The van der Waals surface area contributed by atoms with Crippen molar-refractivity contribution in [2.75, 3.05) is 7.11 Å². The van der Waals surface area contributed by atoms with Crippen LogP contribution >= 0.6 is 11.9 Å². The second-order valence-electron chi connectivity index (χ2n) is 4.18. The van der Waals surface area contributed by atoms with E-state index < -0.39 is 0 Å². The Hall–Kier alpha value is -1.94. The maximum absolute atomic E-state index is 5.16. The molecular formula is C15H14N2OS. The minimum atomic E-state index is 0.891. The van der Waals surface area contributed by atoms with Gasteiger partial charge in [-0.25, -0.2) is 4.98 Å². The molecule has 0 aliphatic heterocycles. The minimum absolute atomic E-state index is 0.891. The molecule has 0 N–H and O–H groups in total. The van der Waals surface area contributed by atoms with Crippen LogP contribution < -0.4 is 4.74 Å². The maximum atomic E-state index is 5.16. The molecule has 0 radical (unpaired) electrons. The van der Waals surface area contributed by atoms with Gasteiger partial charge in [0.1, 0.15) is 11.4 Å². The van der Waals surface area contributed by atoms with E-state index in [1.165, 1.54) is 10.9 Å². The maximum Gasteiger partial charge on any atom is 0.149 e. The standard InChI is InChI=1S/C15H14N2OS/c1-18-14-6-4-12(5-7-14)11-19-17-10-8-13-3-2-9-16-15(13)17/h2-10H,11H2,1H3. The van der Waals surface area contributed by atoms with Crippen LogP contribution in [0.2, 0.25) is 0 Å². The lowest BCUT2D eigenvalue weighted by molar-refractivity contribution is 0.414. The van der Waals surface area contributed by atoms with Gasteiger partial charge >= 0.3 is 0 Å². The summed E-state index contributed by atoms with van der Waals surface area (Å²) in [7, 11) is 1.68. The van der Waals surface area contributed by atoms with Crippen LogP contribution in [-0.2, 0) is 5.75 Å². The van der Waals surface area contributed by atoms with Crippen molar-refractivity contribution in [2.24, 2.45) is 0 Å². The van der Waals surface area contributed by atoms with Crippen molar-refractivity contribution in [3.63, 3.8) is 0 Å². The largest absolute Gasteiger partial charge is 0.497 e. The van der Waals surface area contributed by atoms with Crippen LogP contribution in [0.15, 0.2) is 54.9 Å². The zero-order valence-electron chi connectivity index (χ0n) is 10.6. The van der Waals surface area contributed by atoms with Gasteiger partial charge in [-0.2, -0.15) is 0 Å². The third kappa shape index (κ3) is 2.58. The molecule has 0 bridgehead atoms. The van der Waals surface area contributed by atoms with Gasteiger partial charge in [0.2, 0.25) is 0 Å². The van der Waals surface area contributed by atoms with Gasteiger partial charge in [0.25, 0.3) is 0 Å². The van der Waals surface area contributed by atoms with E-state index in [2.05, 4.69) is 39.4 Å². The number of ether oxygens (including phenoxy) is 1. The Morgan fingerprint density at radius 2 is 2.00 bits per heavy atom. The molecule has 19 heavy (non-hydrogen) atoms. The van der Waals surface area contributed by atoms with Crippen molar-refractivity contribution in [3.05, 3.63) is 60.4 Å². The predicted octanol–water partition coefficient (Wildman–Crippen LogP) is 3.74. The Balaban J connectivity index is 1.74. The normalized spacial score (nSPS) is 10.8. The second kappa shape index (κ2) is 5.36. The van der Waals surface area contributed by atoms with E-state index in [1.54, 1.807) is 19.1 Å². The first-order valence-corrected chi connectivity index (χ1v) is 6.99. The van der Waals surface area contributed by atoms with Crippen LogP contribution in [0.5, 0.6) is 5.75 Å². The van der Waals surface area contributed by atoms with Crippen LogP contribution in [0.3, 0.4) is 0 Å². The van der Waals surface area contributed by atoms with E-state index in [1.807, 2.05) is 24.4 Å². The highest BCUT2D eigenvalue weighted by Crippen LogP contribution is 2.22. The molecule has 0 amide bonds. The lowest BCUT2D eigenvalue weighted by Crippen LogP contribution is -1.89. The van der Waals surface area contributed by atoms with Crippen LogP contribution in [0.1, 0.15) is 5.56 Å². The molecule has 0 aliphatic rings. The molecule has 3 nitrogen and oxygen atoms in total. The van der Waals surface area contributed by atoms with E-state index in [9.17, 15) is 0 Å². The van der Waals surface area contributed by atoms with Crippen molar-refractivity contribution in [2.45, 2.75) is 5.75 Å². The third-order valence-corrected chi connectivity index (χ3v) is 3.98. The number of nitrogens with zero attached hydrogens (tertiary/aromatic N) is 2. The summed E-state index contributed by atoms with van der Waals surface area (Å²) < 4.78 is 7.27. The Morgan fingerprint density at radius 3 is 2.79 bits per heavy atom. The highest BCUT2D eigenvalue weighted by atomic mass is 32.2. The molecule has 0 saturated carbocycles. The lowest BCUT2D eigenvalue weighted by atomic mass is 10.2. The fraction of sp³-hybridized carbons (Fsp3) is 0.133. The Kier molecular flexibility index (Phi) is 3.42. The molecule has 0 saturated heterocycles. The molecule has 2 heterocycles. The van der Waals surface area contributed by atoms with E-state index in [0.29, 0.717) is 0 Å². The van der Waals surface area contributed by atoms with Gasteiger partial charge in [0.05, 0.1) is 7.11 Å². The second-order valence-corrected chi connectivity index (χ2v) is 5.12. The number of hydrogen-bond donors (Lipinski definition) is 0. The average Bonchev–Trinajstić information content (AvgIpc) is 2.89. The smallest absolute Gasteiger partial charge is 0.149 e. The fourth-order valence-electron chi connectivity index (χ4n) is 1.91. The quantitative estimate of drug-likeness (QED) is 0.722. The summed E-state index contributed by atoms with van der Waals surface area (Å²) in [6, 6.07) is 14.3. The van der Waals surface area contributed by atoms with E-state index in [0.717, 1.165) is 17.1 Å². The molecule has 2 aromatic heterocycles. The van der Waals surface area contributed by atoms with Crippen molar-refractivity contribution < 1.29 is 4.74 Å². The number of rotatable bonds is 4. The summed E-state index contributed by atoms with van der Waals surface area (Å²) in [6.45, 7) is 0. The molecule has 0 atom stereocenters. The third-order valence-electron chi connectivity index (χ3n) is 2.94. The van der Waals surface area contributed by atoms with Gasteiger partial charge in [-0.1, -0.05) is 12.1 Å². The first kappa shape index (κ1) is 12.1. The number of methoxy groups -OCH3 is 1. The van der Waals surface area contributed by atoms with Gasteiger partial charge < -0.3 is 4.74 Å². The summed E-state index contributed by atoms with van der Waals surface area (Å²) in [5, 5.41) is 1.17. The zero-order valence-corrected chi connectivity index (χ0v) is 11.4. The van der Waals surface area contributed by atoms with Gasteiger partial charge in [-0.05, 0) is 47.8 Å². The zero-order chi connectivity index (χ0) is 13.1. The number of hydrogen-bond acceptors (Lipinski definition) is 3. The van der Waals surface area contributed by atoms with Crippen LogP contribution in [0, 0.1) is 0 Å². The molecule has 3 rings (SSSR count). The minimum Gasteiger partial charge on any atom is -0.497 e. The van der Waals surface area contributed by atoms with Crippen LogP contribution in [0.4, 0.5) is 0 Å². The van der Waals surface area contributed by atoms with Crippen LogP contribution in [-0.4, -0.2) is 16.1 Å². The van der Waals surface area contributed by atoms with Gasteiger partial charge in [-0.3, -0.25) is 3.97 Å². The predicted molar refractivity (Wildman–Crippen MR) is 79.4 cm³/mol. The molecule has 1 aromatic carbocycles. The number of pyridine rings is 1. The number of benzene rings is 1. The van der Waals surface area contributed by atoms with Crippen molar-refractivity contribution >= 4 is 23.0 Å². The molecule has 0 unspecified atom stereocenters. The Morgan fingerprint density at radius 1 is 1.16 bits per heavy atom. The Bertz CT molecular complexity index is 676. The molecule has 4 heteroatoms. The van der Waals surface area contributed by atoms with Gasteiger partial charge in [-0.15, -0.1) is 0 Å². The van der Waals surface area contributed by atoms with Gasteiger partial charge in [0.15, 0.2) is 0 Å². The summed E-state index contributed by atoms with van der Waals surface area (Å²) in [6.07, 6.45) is 3.89. The summed E-state index contributed by atoms with van der Waals surface area (Å²) in [5.74, 6) is 1.80. The average molecular weight is 270 g/mol. The SMILES string of the molecule is COc1ccc(CSn2ccc3cccnc32)cc1.